The summed E-state index contributed by atoms with van der Waals surface area (Å²) in [5.74, 6) is 1.59. The van der Waals surface area contributed by atoms with E-state index in [9.17, 15) is 0 Å². The molecule has 0 saturated carbocycles. The van der Waals surface area contributed by atoms with E-state index in [2.05, 4.69) is 21.4 Å². The van der Waals surface area contributed by atoms with Gasteiger partial charge in [-0.15, -0.1) is 0 Å². The van der Waals surface area contributed by atoms with Crippen molar-refractivity contribution in [3.8, 4) is 11.5 Å². The van der Waals surface area contributed by atoms with Gasteiger partial charge in [-0.1, -0.05) is 6.07 Å². The molecule has 1 aromatic carbocycles. The summed E-state index contributed by atoms with van der Waals surface area (Å²) in [5.41, 5.74) is 3.83. The third kappa shape index (κ3) is 2.48. The Morgan fingerprint density at radius 2 is 2.06 bits per heavy atom. The molecule has 1 aromatic rings. The minimum atomic E-state index is 0.593. The Morgan fingerprint density at radius 3 is 2.81 bits per heavy atom. The third-order valence-electron chi connectivity index (χ3n) is 2.33. The van der Waals surface area contributed by atoms with E-state index < -0.39 is 0 Å². The summed E-state index contributed by atoms with van der Waals surface area (Å²) in [5, 5.41) is 0. The first-order chi connectivity index (χ1) is 7.83. The van der Waals surface area contributed by atoms with Gasteiger partial charge in [-0.05, 0) is 22.0 Å². The van der Waals surface area contributed by atoms with Gasteiger partial charge >= 0.3 is 0 Å². The zero-order valence-corrected chi connectivity index (χ0v) is 10.7. The minimum absolute atomic E-state index is 0.593. The van der Waals surface area contributed by atoms with Crippen LogP contribution in [0.5, 0.6) is 11.5 Å². The van der Waals surface area contributed by atoms with Crippen LogP contribution in [0.4, 0.5) is 0 Å². The summed E-state index contributed by atoms with van der Waals surface area (Å²) in [4.78, 5) is 4.84. The lowest BCUT2D eigenvalue weighted by molar-refractivity contribution is 0.0859. The quantitative estimate of drug-likeness (QED) is 0.866. The van der Waals surface area contributed by atoms with E-state index >= 15 is 0 Å². The van der Waals surface area contributed by atoms with Gasteiger partial charge in [0.2, 0.25) is 0 Å². The van der Waals surface area contributed by atoms with Gasteiger partial charge in [-0.25, -0.2) is 0 Å². The van der Waals surface area contributed by atoms with Crippen LogP contribution in [0.1, 0.15) is 12.0 Å². The van der Waals surface area contributed by atoms with E-state index in [0.717, 1.165) is 28.0 Å². The second-order valence-electron chi connectivity index (χ2n) is 3.44. The molecule has 1 N–H and O–H groups in total. The van der Waals surface area contributed by atoms with Crippen molar-refractivity contribution in [3.05, 3.63) is 22.2 Å². The summed E-state index contributed by atoms with van der Waals surface area (Å²) in [6.07, 6.45) is 0.901. The van der Waals surface area contributed by atoms with Gasteiger partial charge in [0, 0.05) is 18.5 Å². The zero-order valence-electron chi connectivity index (χ0n) is 9.09. The summed E-state index contributed by atoms with van der Waals surface area (Å²) >= 11 is 3.46. The molecule has 1 heterocycles. The minimum Gasteiger partial charge on any atom is -0.489 e. The van der Waals surface area contributed by atoms with E-state index in [1.165, 1.54) is 0 Å². The summed E-state index contributed by atoms with van der Waals surface area (Å²) in [7, 11) is 1.59. The number of ether oxygens (including phenoxy) is 2. The number of hydrogen-bond donors (Lipinski definition) is 1. The molecular weight excluding hydrogens is 274 g/mol. The van der Waals surface area contributed by atoms with Crippen molar-refractivity contribution in [1.29, 1.82) is 0 Å². The van der Waals surface area contributed by atoms with Crippen molar-refractivity contribution in [2.75, 3.05) is 20.3 Å². The highest BCUT2D eigenvalue weighted by Crippen LogP contribution is 2.39. The highest BCUT2D eigenvalue weighted by Gasteiger charge is 2.17. The van der Waals surface area contributed by atoms with Crippen LogP contribution in [0.3, 0.4) is 0 Å². The van der Waals surface area contributed by atoms with Crippen molar-refractivity contribution in [3.63, 3.8) is 0 Å². The number of halogens is 1. The van der Waals surface area contributed by atoms with E-state index in [1.54, 1.807) is 7.11 Å². The molecule has 0 aliphatic carbocycles. The van der Waals surface area contributed by atoms with Crippen LogP contribution >= 0.6 is 15.9 Å². The molecule has 0 unspecified atom stereocenters. The largest absolute Gasteiger partial charge is 0.489 e. The number of hydroxylamine groups is 1. The Hall–Kier alpha value is -0.780. The molecule has 1 aliphatic heterocycles. The van der Waals surface area contributed by atoms with Crippen LogP contribution in [0.25, 0.3) is 0 Å². The van der Waals surface area contributed by atoms with E-state index in [-0.39, 0.29) is 0 Å². The first-order valence-corrected chi connectivity index (χ1v) is 5.95. The summed E-state index contributed by atoms with van der Waals surface area (Å²) in [6.45, 7) is 1.96. The van der Waals surface area contributed by atoms with Crippen LogP contribution in [0.2, 0.25) is 0 Å². The van der Waals surface area contributed by atoms with Crippen LogP contribution in [0.15, 0.2) is 16.6 Å². The van der Waals surface area contributed by atoms with Gasteiger partial charge in [-0.2, -0.15) is 5.48 Å². The second-order valence-corrected chi connectivity index (χ2v) is 4.29. The van der Waals surface area contributed by atoms with Gasteiger partial charge in [0.05, 0.1) is 24.8 Å². The average molecular weight is 288 g/mol. The molecule has 0 atom stereocenters. The van der Waals surface area contributed by atoms with Gasteiger partial charge < -0.3 is 14.3 Å². The van der Waals surface area contributed by atoms with Gasteiger partial charge in [0.1, 0.15) is 0 Å². The van der Waals surface area contributed by atoms with E-state index in [0.29, 0.717) is 19.8 Å². The maximum absolute atomic E-state index is 5.71. The lowest BCUT2D eigenvalue weighted by atomic mass is 10.2. The lowest BCUT2D eigenvalue weighted by Crippen LogP contribution is -2.12. The van der Waals surface area contributed by atoms with Gasteiger partial charge in [-0.3, -0.25) is 0 Å². The molecular formula is C11H14BrNO3. The number of benzene rings is 1. The van der Waals surface area contributed by atoms with Crippen molar-refractivity contribution < 1.29 is 14.3 Å². The highest BCUT2D eigenvalue weighted by atomic mass is 79.9. The highest BCUT2D eigenvalue weighted by molar-refractivity contribution is 9.10. The smallest absolute Gasteiger partial charge is 0.175 e. The number of hydrogen-bond acceptors (Lipinski definition) is 4. The fourth-order valence-electron chi connectivity index (χ4n) is 1.57. The summed E-state index contributed by atoms with van der Waals surface area (Å²) < 4.78 is 12.3. The summed E-state index contributed by atoms with van der Waals surface area (Å²) in [6, 6.07) is 3.95. The molecule has 0 saturated heterocycles. The second kappa shape index (κ2) is 5.52. The molecule has 88 valence electrons. The Labute approximate surface area is 103 Å². The monoisotopic (exact) mass is 287 g/mol. The topological polar surface area (TPSA) is 39.7 Å². The molecule has 0 amide bonds. The number of nitrogens with one attached hydrogen (secondary N) is 1. The Bertz CT molecular complexity index is 370. The molecule has 0 spiro atoms. The zero-order chi connectivity index (χ0) is 11.4. The normalized spacial score (nSPS) is 14.6. The maximum atomic E-state index is 5.71. The maximum Gasteiger partial charge on any atom is 0.175 e. The van der Waals surface area contributed by atoms with E-state index in [1.807, 2.05) is 12.1 Å². The number of rotatable bonds is 3. The molecule has 2 rings (SSSR count). The van der Waals surface area contributed by atoms with Crippen LogP contribution in [0, 0.1) is 0 Å². The first kappa shape index (κ1) is 11.7. The Kier molecular flexibility index (Phi) is 4.04. The molecule has 0 aromatic heterocycles. The van der Waals surface area contributed by atoms with Gasteiger partial charge in [0.25, 0.3) is 0 Å². The third-order valence-corrected chi connectivity index (χ3v) is 2.96. The fraction of sp³-hybridized carbons (Fsp3) is 0.455. The molecule has 1 aliphatic rings. The molecule has 0 bridgehead atoms. The van der Waals surface area contributed by atoms with Crippen molar-refractivity contribution >= 4 is 15.9 Å². The van der Waals surface area contributed by atoms with E-state index in [4.69, 9.17) is 14.3 Å². The standard InChI is InChI=1S/C11H14BrNO3/c1-14-13-7-8-3-4-9(12)11-10(8)15-5-2-6-16-11/h3-4,13H,2,5-7H2,1H3. The Morgan fingerprint density at radius 1 is 1.31 bits per heavy atom. The lowest BCUT2D eigenvalue weighted by Gasteiger charge is -2.13. The molecule has 0 radical (unpaired) electrons. The van der Waals surface area contributed by atoms with Crippen LogP contribution < -0.4 is 15.0 Å². The van der Waals surface area contributed by atoms with Crippen LogP contribution in [-0.4, -0.2) is 20.3 Å². The average Bonchev–Trinajstić information content (AvgIpc) is 2.54. The molecule has 5 heteroatoms. The van der Waals surface area contributed by atoms with Gasteiger partial charge in [0.15, 0.2) is 11.5 Å². The predicted octanol–water partition coefficient (Wildman–Crippen LogP) is 2.26. The SMILES string of the molecule is CONCc1ccc(Br)c2c1OCCCO2. The molecule has 4 nitrogen and oxygen atoms in total. The fourth-order valence-corrected chi connectivity index (χ4v) is 2.00. The van der Waals surface area contributed by atoms with Crippen LogP contribution in [-0.2, 0) is 11.4 Å². The Balaban J connectivity index is 2.31. The number of fused-ring (bicyclic) bond motifs is 1. The van der Waals surface area contributed by atoms with Crippen molar-refractivity contribution in [2.45, 2.75) is 13.0 Å². The van der Waals surface area contributed by atoms with Crippen molar-refractivity contribution in [1.82, 2.24) is 5.48 Å². The molecule has 0 fully saturated rings. The first-order valence-electron chi connectivity index (χ1n) is 5.15. The molecule has 16 heavy (non-hydrogen) atoms. The predicted molar refractivity (Wildman–Crippen MR) is 63.6 cm³/mol. The van der Waals surface area contributed by atoms with Crippen molar-refractivity contribution in [2.24, 2.45) is 0 Å².